The summed E-state index contributed by atoms with van der Waals surface area (Å²) in [4.78, 5) is 10.2. The molecule has 0 aromatic heterocycles. The normalized spacial score (nSPS) is 14.1. The lowest BCUT2D eigenvalue weighted by molar-refractivity contribution is -0.870. The van der Waals surface area contributed by atoms with E-state index in [0.29, 0.717) is 19.8 Å². The third-order valence-corrected chi connectivity index (χ3v) is 8.91. The lowest BCUT2D eigenvalue weighted by Gasteiger charge is -2.23. The standard InChI is InChI=1S/C36H68NO6P/c1-5-6-7-8-9-10-11-12-13-14-15-16-17-18-19-25-30-40-33-36(41-32-35-27-22-20-23-28-35)34-43-44(38,39)42-31-26-21-24-29-37(2,3)4/h20,22-23,27-28,36H,5-19,21,24-26,29-34H2,1-4H3/p+1. The van der Waals surface area contributed by atoms with E-state index in [-0.39, 0.29) is 13.2 Å². The Hall–Kier alpha value is -0.790. The van der Waals surface area contributed by atoms with Crippen molar-refractivity contribution in [3.05, 3.63) is 35.9 Å². The highest BCUT2D eigenvalue weighted by atomic mass is 31.2. The molecule has 0 radical (unpaired) electrons. The highest BCUT2D eigenvalue weighted by molar-refractivity contribution is 7.47. The molecule has 1 aromatic carbocycles. The molecule has 2 atom stereocenters. The van der Waals surface area contributed by atoms with Crippen LogP contribution in [0.4, 0.5) is 0 Å². The Morgan fingerprint density at radius 2 is 1.16 bits per heavy atom. The molecule has 1 rings (SSSR count). The van der Waals surface area contributed by atoms with Crippen molar-refractivity contribution in [3.8, 4) is 0 Å². The molecule has 0 aliphatic carbocycles. The van der Waals surface area contributed by atoms with Gasteiger partial charge in [0.05, 0.1) is 54.1 Å². The van der Waals surface area contributed by atoms with Gasteiger partial charge in [-0.1, -0.05) is 134 Å². The van der Waals surface area contributed by atoms with Gasteiger partial charge in [0, 0.05) is 6.61 Å². The molecule has 0 amide bonds. The van der Waals surface area contributed by atoms with Crippen molar-refractivity contribution >= 4 is 7.82 Å². The van der Waals surface area contributed by atoms with Gasteiger partial charge in [0.15, 0.2) is 0 Å². The Bertz CT molecular complexity index is 804. The first-order valence-electron chi connectivity index (χ1n) is 17.9. The zero-order valence-corrected chi connectivity index (χ0v) is 29.9. The maximum atomic E-state index is 12.4. The van der Waals surface area contributed by atoms with E-state index in [9.17, 15) is 9.46 Å². The van der Waals surface area contributed by atoms with E-state index in [0.717, 1.165) is 42.3 Å². The first-order chi connectivity index (χ1) is 21.2. The van der Waals surface area contributed by atoms with Crippen molar-refractivity contribution in [2.24, 2.45) is 0 Å². The van der Waals surface area contributed by atoms with Gasteiger partial charge in [-0.3, -0.25) is 9.05 Å². The molecule has 258 valence electrons. The Morgan fingerprint density at radius 1 is 0.659 bits per heavy atom. The van der Waals surface area contributed by atoms with Crippen LogP contribution in [0.1, 0.15) is 134 Å². The number of rotatable bonds is 32. The van der Waals surface area contributed by atoms with Crippen LogP contribution >= 0.6 is 7.82 Å². The summed E-state index contributed by atoms with van der Waals surface area (Å²) in [5, 5.41) is 0. The molecule has 0 saturated heterocycles. The van der Waals surface area contributed by atoms with Gasteiger partial charge < -0.3 is 18.9 Å². The van der Waals surface area contributed by atoms with Crippen molar-refractivity contribution in [1.82, 2.24) is 0 Å². The minimum Gasteiger partial charge on any atom is -0.379 e. The molecule has 8 heteroatoms. The maximum absolute atomic E-state index is 12.4. The molecular weight excluding hydrogens is 573 g/mol. The second-order valence-corrected chi connectivity index (χ2v) is 14.9. The summed E-state index contributed by atoms with van der Waals surface area (Å²) in [6, 6.07) is 9.89. The van der Waals surface area contributed by atoms with E-state index in [4.69, 9.17) is 18.5 Å². The van der Waals surface area contributed by atoms with Crippen molar-refractivity contribution in [2.45, 2.75) is 142 Å². The fourth-order valence-corrected chi connectivity index (χ4v) is 5.95. The minimum absolute atomic E-state index is 0.0545. The molecule has 7 nitrogen and oxygen atoms in total. The van der Waals surface area contributed by atoms with Crippen LogP contribution in [0.2, 0.25) is 0 Å². The maximum Gasteiger partial charge on any atom is 0.472 e. The second-order valence-electron chi connectivity index (χ2n) is 13.5. The van der Waals surface area contributed by atoms with Crippen LogP contribution in [0.3, 0.4) is 0 Å². The van der Waals surface area contributed by atoms with Gasteiger partial charge in [-0.15, -0.1) is 0 Å². The van der Waals surface area contributed by atoms with E-state index in [1.807, 2.05) is 30.3 Å². The number of nitrogens with zero attached hydrogens (tertiary/aromatic N) is 1. The number of phosphoric acid groups is 1. The quantitative estimate of drug-likeness (QED) is 0.0479. The Morgan fingerprint density at radius 3 is 1.70 bits per heavy atom. The summed E-state index contributed by atoms with van der Waals surface area (Å²) in [7, 11) is 2.34. The third kappa shape index (κ3) is 27.5. The van der Waals surface area contributed by atoms with Crippen LogP contribution in [0, 0.1) is 0 Å². The van der Waals surface area contributed by atoms with Crippen molar-refractivity contribution in [1.29, 1.82) is 0 Å². The van der Waals surface area contributed by atoms with E-state index in [1.165, 1.54) is 96.3 Å². The number of phosphoric ester groups is 1. The summed E-state index contributed by atoms with van der Waals surface area (Å²) >= 11 is 0. The van der Waals surface area contributed by atoms with E-state index < -0.39 is 13.9 Å². The SMILES string of the molecule is CCCCCCCCCCCCCCCCCCOCC(COP(=O)(O)OCCCCC[N+](C)(C)C)OCc1ccccc1. The van der Waals surface area contributed by atoms with Crippen molar-refractivity contribution in [3.63, 3.8) is 0 Å². The molecular formula is C36H69NO6P+. The molecule has 1 N–H and O–H groups in total. The molecule has 0 aliphatic rings. The van der Waals surface area contributed by atoms with Crippen molar-refractivity contribution in [2.75, 3.05) is 54.1 Å². The zero-order valence-electron chi connectivity index (χ0n) is 29.0. The average Bonchev–Trinajstić information content (AvgIpc) is 2.99. The number of unbranched alkanes of at least 4 members (excludes halogenated alkanes) is 17. The van der Waals surface area contributed by atoms with Gasteiger partial charge in [0.2, 0.25) is 0 Å². The number of ether oxygens (including phenoxy) is 2. The molecule has 0 bridgehead atoms. The molecule has 2 unspecified atom stereocenters. The minimum atomic E-state index is -4.14. The number of hydrogen-bond donors (Lipinski definition) is 1. The number of quaternary nitrogens is 1. The predicted octanol–water partition coefficient (Wildman–Crippen LogP) is 9.86. The summed E-state index contributed by atoms with van der Waals surface area (Å²) in [6.07, 6.45) is 23.7. The molecule has 0 aliphatic heterocycles. The molecule has 0 spiro atoms. The molecule has 0 saturated carbocycles. The average molecular weight is 643 g/mol. The summed E-state index contributed by atoms with van der Waals surface area (Å²) in [6.45, 7) is 4.85. The topological polar surface area (TPSA) is 74.2 Å². The van der Waals surface area contributed by atoms with Crippen LogP contribution in [-0.4, -0.2) is 69.6 Å². The van der Waals surface area contributed by atoms with Gasteiger partial charge in [0.25, 0.3) is 0 Å². The lowest BCUT2D eigenvalue weighted by atomic mass is 10.0. The highest BCUT2D eigenvalue weighted by Gasteiger charge is 2.24. The smallest absolute Gasteiger partial charge is 0.379 e. The Labute approximate surface area is 271 Å². The van der Waals surface area contributed by atoms with Gasteiger partial charge in [0.1, 0.15) is 6.10 Å². The van der Waals surface area contributed by atoms with Gasteiger partial charge in [-0.05, 0) is 31.2 Å². The van der Waals surface area contributed by atoms with Gasteiger partial charge in [-0.25, -0.2) is 4.57 Å². The fraction of sp³-hybridized carbons (Fsp3) is 0.833. The molecule has 0 fully saturated rings. The van der Waals surface area contributed by atoms with Crippen LogP contribution < -0.4 is 0 Å². The van der Waals surface area contributed by atoms with Crippen LogP contribution in [0.25, 0.3) is 0 Å². The summed E-state index contributed by atoms with van der Waals surface area (Å²) in [5.74, 6) is 0. The zero-order chi connectivity index (χ0) is 32.2. The lowest BCUT2D eigenvalue weighted by Crippen LogP contribution is -2.35. The largest absolute Gasteiger partial charge is 0.472 e. The molecule has 44 heavy (non-hydrogen) atoms. The Kier molecular flexibility index (Phi) is 25.6. The fourth-order valence-electron chi connectivity index (χ4n) is 5.16. The van der Waals surface area contributed by atoms with E-state index >= 15 is 0 Å². The first-order valence-corrected chi connectivity index (χ1v) is 19.4. The van der Waals surface area contributed by atoms with E-state index in [2.05, 4.69) is 28.1 Å². The highest BCUT2D eigenvalue weighted by Crippen LogP contribution is 2.43. The summed E-state index contributed by atoms with van der Waals surface area (Å²) < 4.78 is 35.8. The predicted molar refractivity (Wildman–Crippen MR) is 184 cm³/mol. The van der Waals surface area contributed by atoms with Crippen LogP contribution in [0.5, 0.6) is 0 Å². The van der Waals surface area contributed by atoms with Gasteiger partial charge in [-0.2, -0.15) is 0 Å². The summed E-state index contributed by atoms with van der Waals surface area (Å²) in [5.41, 5.74) is 1.03. The third-order valence-electron chi connectivity index (χ3n) is 7.93. The first kappa shape index (κ1) is 41.2. The van der Waals surface area contributed by atoms with Crippen molar-refractivity contribution < 1.29 is 32.5 Å². The van der Waals surface area contributed by atoms with Gasteiger partial charge >= 0.3 is 7.82 Å². The monoisotopic (exact) mass is 642 g/mol. The number of hydrogen-bond acceptors (Lipinski definition) is 5. The number of benzene rings is 1. The van der Waals surface area contributed by atoms with Crippen LogP contribution in [0.15, 0.2) is 30.3 Å². The molecule has 0 heterocycles. The second kappa shape index (κ2) is 27.3. The Balaban J connectivity index is 2.15. The van der Waals surface area contributed by atoms with E-state index in [1.54, 1.807) is 0 Å². The van der Waals surface area contributed by atoms with Crippen LogP contribution in [-0.2, 0) is 29.7 Å². The molecule has 1 aromatic rings.